The number of nitrogens with one attached hydrogen (secondary N) is 2. The van der Waals surface area contributed by atoms with Crippen molar-refractivity contribution < 1.29 is 4.74 Å². The first-order valence-corrected chi connectivity index (χ1v) is 8.66. The van der Waals surface area contributed by atoms with Gasteiger partial charge in [-0.25, -0.2) is 4.99 Å². The zero-order valence-corrected chi connectivity index (χ0v) is 17.4. The Kier molecular flexibility index (Phi) is 10.8. The molecule has 1 aromatic carbocycles. The molecule has 25 heavy (non-hydrogen) atoms. The van der Waals surface area contributed by atoms with Gasteiger partial charge in [-0.3, -0.25) is 0 Å². The first-order valence-electron chi connectivity index (χ1n) is 8.66. The van der Waals surface area contributed by atoms with Crippen LogP contribution in [0.25, 0.3) is 0 Å². The van der Waals surface area contributed by atoms with Crippen molar-refractivity contribution in [2.45, 2.75) is 33.4 Å². The maximum atomic E-state index is 5.67. The van der Waals surface area contributed by atoms with E-state index in [1.807, 2.05) is 24.3 Å². The fourth-order valence-corrected chi connectivity index (χ4v) is 2.29. The lowest BCUT2D eigenvalue weighted by molar-refractivity contribution is 0.317. The van der Waals surface area contributed by atoms with Gasteiger partial charge in [-0.15, -0.1) is 24.0 Å². The highest BCUT2D eigenvalue weighted by Crippen LogP contribution is 2.14. The highest BCUT2D eigenvalue weighted by Gasteiger charge is 1.99. The van der Waals surface area contributed by atoms with Crippen LogP contribution in [0.2, 0.25) is 0 Å². The summed E-state index contributed by atoms with van der Waals surface area (Å²) in [6.07, 6.45) is 5.14. The van der Waals surface area contributed by atoms with E-state index in [0.717, 1.165) is 49.9 Å². The van der Waals surface area contributed by atoms with Crippen LogP contribution < -0.4 is 15.4 Å². The summed E-state index contributed by atoms with van der Waals surface area (Å²) in [6.45, 7) is 8.14. The molecule has 2 rings (SSSR count). The number of hydrogen-bond acceptors (Lipinski definition) is 2. The maximum Gasteiger partial charge on any atom is 0.191 e. The Morgan fingerprint density at radius 3 is 2.64 bits per heavy atom. The molecule has 2 aromatic rings. The predicted octanol–water partition coefficient (Wildman–Crippen LogP) is 3.65. The number of rotatable bonds is 9. The van der Waals surface area contributed by atoms with Gasteiger partial charge in [0.15, 0.2) is 5.96 Å². The quantitative estimate of drug-likeness (QED) is 0.344. The van der Waals surface area contributed by atoms with Crippen LogP contribution in [0.15, 0.2) is 53.8 Å². The van der Waals surface area contributed by atoms with Gasteiger partial charge in [0.05, 0.1) is 13.2 Å². The van der Waals surface area contributed by atoms with E-state index in [1.54, 1.807) is 0 Å². The minimum Gasteiger partial charge on any atom is -0.494 e. The fraction of sp³-hybridized carbons (Fsp3) is 0.421. The lowest BCUT2D eigenvalue weighted by Gasteiger charge is -2.12. The molecule has 0 radical (unpaired) electrons. The van der Waals surface area contributed by atoms with Gasteiger partial charge in [-0.2, -0.15) is 0 Å². The molecular formula is C19H29IN4O. The number of halogens is 1. The molecule has 138 valence electrons. The van der Waals surface area contributed by atoms with Gasteiger partial charge in [0.25, 0.3) is 0 Å². The average molecular weight is 456 g/mol. The second kappa shape index (κ2) is 12.6. The third-order valence-electron chi connectivity index (χ3n) is 3.46. The normalized spacial score (nSPS) is 10.9. The zero-order chi connectivity index (χ0) is 17.0. The maximum absolute atomic E-state index is 5.67. The first-order chi connectivity index (χ1) is 11.8. The van der Waals surface area contributed by atoms with Crippen molar-refractivity contribution in [3.05, 3.63) is 54.4 Å². The third kappa shape index (κ3) is 8.29. The zero-order valence-electron chi connectivity index (χ0n) is 15.1. The second-order valence-corrected chi connectivity index (χ2v) is 5.54. The van der Waals surface area contributed by atoms with Crippen molar-refractivity contribution in [1.82, 2.24) is 15.2 Å². The Morgan fingerprint density at radius 1 is 1.12 bits per heavy atom. The average Bonchev–Trinajstić information content (AvgIpc) is 3.11. The highest BCUT2D eigenvalue weighted by molar-refractivity contribution is 14.0. The van der Waals surface area contributed by atoms with Gasteiger partial charge < -0.3 is 19.9 Å². The number of hydrogen-bond donors (Lipinski definition) is 2. The van der Waals surface area contributed by atoms with Crippen molar-refractivity contribution in [2.24, 2.45) is 4.99 Å². The van der Waals surface area contributed by atoms with Gasteiger partial charge in [0, 0.05) is 32.0 Å². The summed E-state index contributed by atoms with van der Waals surface area (Å²) < 4.78 is 7.82. The Labute approximate surface area is 167 Å². The lowest BCUT2D eigenvalue weighted by Crippen LogP contribution is -2.38. The summed E-state index contributed by atoms with van der Waals surface area (Å²) in [4.78, 5) is 4.65. The number of aliphatic imine (C=N–C) groups is 1. The summed E-state index contributed by atoms with van der Waals surface area (Å²) in [5, 5.41) is 6.65. The van der Waals surface area contributed by atoms with Crippen molar-refractivity contribution in [3.8, 4) is 5.75 Å². The van der Waals surface area contributed by atoms with Crippen LogP contribution in [0, 0.1) is 0 Å². The van der Waals surface area contributed by atoms with Crippen LogP contribution >= 0.6 is 24.0 Å². The molecule has 0 saturated carbocycles. The van der Waals surface area contributed by atoms with E-state index in [0.29, 0.717) is 6.54 Å². The van der Waals surface area contributed by atoms with Crippen LogP contribution in [-0.4, -0.2) is 30.2 Å². The molecule has 0 fully saturated rings. The first kappa shape index (κ1) is 21.3. The number of ether oxygens (including phenoxy) is 1. The molecule has 0 amide bonds. The van der Waals surface area contributed by atoms with Gasteiger partial charge in [-0.05, 0) is 43.2 Å². The monoisotopic (exact) mass is 456 g/mol. The molecule has 1 aromatic heterocycles. The van der Waals surface area contributed by atoms with E-state index < -0.39 is 0 Å². The van der Waals surface area contributed by atoms with Crippen LogP contribution in [0.4, 0.5) is 0 Å². The standard InChI is InChI=1S/C19H28N4O.HI/c1-3-14-24-18-9-7-8-17(15-18)16-22-19(20-4-2)21-10-13-23-11-5-6-12-23;/h5-9,11-12,15H,3-4,10,13-14,16H2,1-2H3,(H2,20,21,22);1H. The minimum absolute atomic E-state index is 0. The third-order valence-corrected chi connectivity index (χ3v) is 3.46. The Hall–Kier alpha value is -1.70. The summed E-state index contributed by atoms with van der Waals surface area (Å²) in [6, 6.07) is 12.2. The van der Waals surface area contributed by atoms with E-state index in [2.05, 4.69) is 58.6 Å². The van der Waals surface area contributed by atoms with Crippen LogP contribution in [0.5, 0.6) is 5.75 Å². The lowest BCUT2D eigenvalue weighted by atomic mass is 10.2. The van der Waals surface area contributed by atoms with E-state index in [4.69, 9.17) is 4.74 Å². The largest absolute Gasteiger partial charge is 0.494 e. The molecule has 6 heteroatoms. The number of benzene rings is 1. The predicted molar refractivity (Wildman–Crippen MR) is 115 cm³/mol. The molecule has 0 saturated heterocycles. The Bertz CT molecular complexity index is 614. The van der Waals surface area contributed by atoms with Crippen molar-refractivity contribution in [2.75, 3.05) is 19.7 Å². The molecule has 2 N–H and O–H groups in total. The van der Waals surface area contributed by atoms with Crippen LogP contribution in [0.3, 0.4) is 0 Å². The molecule has 0 unspecified atom stereocenters. The van der Waals surface area contributed by atoms with Crippen LogP contribution in [-0.2, 0) is 13.1 Å². The molecule has 0 bridgehead atoms. The molecule has 0 spiro atoms. The summed E-state index contributed by atoms with van der Waals surface area (Å²) in [5.41, 5.74) is 1.14. The van der Waals surface area contributed by atoms with Crippen LogP contribution in [0.1, 0.15) is 25.8 Å². The van der Waals surface area contributed by atoms with E-state index in [9.17, 15) is 0 Å². The summed E-state index contributed by atoms with van der Waals surface area (Å²) >= 11 is 0. The van der Waals surface area contributed by atoms with E-state index in [-0.39, 0.29) is 24.0 Å². The summed E-state index contributed by atoms with van der Waals surface area (Å²) in [5.74, 6) is 1.75. The van der Waals surface area contributed by atoms with E-state index in [1.165, 1.54) is 0 Å². The van der Waals surface area contributed by atoms with Gasteiger partial charge >= 0.3 is 0 Å². The number of aromatic nitrogens is 1. The fourth-order valence-electron chi connectivity index (χ4n) is 2.29. The Morgan fingerprint density at radius 2 is 1.92 bits per heavy atom. The number of guanidine groups is 1. The molecule has 1 heterocycles. The van der Waals surface area contributed by atoms with Crippen molar-refractivity contribution in [3.63, 3.8) is 0 Å². The molecule has 0 aliphatic carbocycles. The SMILES string of the molecule is CCCOc1cccc(CN=C(NCC)NCCn2cccc2)c1.I. The Balaban J connectivity index is 0.00000312. The topological polar surface area (TPSA) is 50.6 Å². The highest BCUT2D eigenvalue weighted by atomic mass is 127. The van der Waals surface area contributed by atoms with Gasteiger partial charge in [0.1, 0.15) is 5.75 Å². The molecular weight excluding hydrogens is 427 g/mol. The van der Waals surface area contributed by atoms with E-state index >= 15 is 0 Å². The molecule has 0 atom stereocenters. The summed E-state index contributed by atoms with van der Waals surface area (Å²) in [7, 11) is 0. The van der Waals surface area contributed by atoms with Gasteiger partial charge in [0.2, 0.25) is 0 Å². The second-order valence-electron chi connectivity index (χ2n) is 5.54. The molecule has 0 aliphatic rings. The number of nitrogens with zero attached hydrogens (tertiary/aromatic N) is 2. The smallest absolute Gasteiger partial charge is 0.191 e. The minimum atomic E-state index is 0. The van der Waals surface area contributed by atoms with Crippen molar-refractivity contribution in [1.29, 1.82) is 0 Å². The molecule has 5 nitrogen and oxygen atoms in total. The molecule has 0 aliphatic heterocycles. The van der Waals surface area contributed by atoms with Crippen molar-refractivity contribution >= 4 is 29.9 Å². The van der Waals surface area contributed by atoms with Gasteiger partial charge in [-0.1, -0.05) is 19.1 Å².